The van der Waals surface area contributed by atoms with Gasteiger partial charge in [0.05, 0.1) is 6.20 Å². The number of ether oxygens (including phenoxy) is 1. The van der Waals surface area contributed by atoms with E-state index in [1.54, 1.807) is 36.7 Å². The van der Waals surface area contributed by atoms with Crippen molar-refractivity contribution in [3.05, 3.63) is 78.5 Å². The number of anilines is 1. The van der Waals surface area contributed by atoms with Crippen LogP contribution in [-0.2, 0) is 6.54 Å². The van der Waals surface area contributed by atoms with Gasteiger partial charge in [-0.1, -0.05) is 23.5 Å². The lowest BCUT2D eigenvalue weighted by Crippen LogP contribution is -2.00. The summed E-state index contributed by atoms with van der Waals surface area (Å²) in [6, 6.07) is 13.9. The Hall–Kier alpha value is -3.39. The van der Waals surface area contributed by atoms with Crippen LogP contribution in [0.1, 0.15) is 5.56 Å². The van der Waals surface area contributed by atoms with E-state index in [1.165, 1.54) is 23.6 Å². The molecule has 0 saturated carbocycles. The third kappa shape index (κ3) is 4.24. The Kier molecular flexibility index (Phi) is 4.97. The lowest BCUT2D eigenvalue weighted by Gasteiger charge is -2.08. The van der Waals surface area contributed by atoms with Crippen molar-refractivity contribution in [3.63, 3.8) is 0 Å². The molecule has 1 aromatic carbocycles. The summed E-state index contributed by atoms with van der Waals surface area (Å²) in [6.45, 7) is 0.418. The van der Waals surface area contributed by atoms with Crippen LogP contribution in [0.15, 0.2) is 67.1 Å². The minimum Gasteiger partial charge on any atom is -0.453 e. The molecule has 0 atom stereocenters. The topological polar surface area (TPSA) is 72.8 Å². The van der Waals surface area contributed by atoms with Crippen molar-refractivity contribution < 1.29 is 9.13 Å². The molecule has 27 heavy (non-hydrogen) atoms. The zero-order chi connectivity index (χ0) is 18.5. The van der Waals surface area contributed by atoms with Crippen LogP contribution in [0.4, 0.5) is 9.52 Å². The Morgan fingerprint density at radius 1 is 1.04 bits per heavy atom. The number of pyridine rings is 2. The number of hydrogen-bond acceptors (Lipinski definition) is 7. The van der Waals surface area contributed by atoms with E-state index in [1.807, 2.05) is 18.2 Å². The van der Waals surface area contributed by atoms with E-state index in [0.29, 0.717) is 17.4 Å². The summed E-state index contributed by atoms with van der Waals surface area (Å²) in [4.78, 5) is 8.19. The maximum atomic E-state index is 14.3. The fraction of sp³-hybridized carbons (Fsp3) is 0.0526. The monoisotopic (exact) mass is 379 g/mol. The Bertz CT molecular complexity index is 1030. The van der Waals surface area contributed by atoms with Crippen LogP contribution >= 0.6 is 11.3 Å². The molecule has 4 rings (SSSR count). The predicted octanol–water partition coefficient (Wildman–Crippen LogP) is 4.54. The van der Waals surface area contributed by atoms with E-state index in [4.69, 9.17) is 4.74 Å². The maximum absolute atomic E-state index is 14.3. The maximum Gasteiger partial charge on any atom is 0.206 e. The van der Waals surface area contributed by atoms with Crippen LogP contribution in [0, 0.1) is 5.82 Å². The van der Waals surface area contributed by atoms with Crippen LogP contribution in [0.25, 0.3) is 10.7 Å². The second-order valence-corrected chi connectivity index (χ2v) is 6.51. The van der Waals surface area contributed by atoms with Crippen molar-refractivity contribution in [2.75, 3.05) is 5.32 Å². The fourth-order valence-corrected chi connectivity index (χ4v) is 3.05. The summed E-state index contributed by atoms with van der Waals surface area (Å²) in [6.07, 6.45) is 4.87. The molecule has 0 unspecified atom stereocenters. The normalized spacial score (nSPS) is 10.6. The molecule has 134 valence electrons. The summed E-state index contributed by atoms with van der Waals surface area (Å²) in [5, 5.41) is 12.7. The van der Waals surface area contributed by atoms with E-state index in [2.05, 4.69) is 25.5 Å². The molecule has 4 aromatic rings. The molecule has 0 bridgehead atoms. The molecule has 0 aliphatic heterocycles. The predicted molar refractivity (Wildman–Crippen MR) is 101 cm³/mol. The SMILES string of the molecule is Fc1cc(CNc2nnc(-c3ccccn3)s2)ccc1Oc1cccnc1. The molecule has 0 amide bonds. The molecule has 3 heterocycles. The third-order valence-electron chi connectivity index (χ3n) is 3.61. The van der Waals surface area contributed by atoms with Gasteiger partial charge in [0.25, 0.3) is 0 Å². The van der Waals surface area contributed by atoms with Gasteiger partial charge in [-0.25, -0.2) is 4.39 Å². The lowest BCUT2D eigenvalue weighted by molar-refractivity contribution is 0.440. The van der Waals surface area contributed by atoms with Gasteiger partial charge in [0.1, 0.15) is 11.4 Å². The Balaban J connectivity index is 1.40. The highest BCUT2D eigenvalue weighted by molar-refractivity contribution is 7.18. The first-order valence-corrected chi connectivity index (χ1v) is 8.95. The van der Waals surface area contributed by atoms with Crippen molar-refractivity contribution >= 4 is 16.5 Å². The average Bonchev–Trinajstić information content (AvgIpc) is 3.19. The van der Waals surface area contributed by atoms with Crippen LogP contribution in [-0.4, -0.2) is 20.2 Å². The molecule has 0 aliphatic rings. The van der Waals surface area contributed by atoms with E-state index in [9.17, 15) is 4.39 Å². The number of nitrogens with zero attached hydrogens (tertiary/aromatic N) is 4. The van der Waals surface area contributed by atoms with Gasteiger partial charge < -0.3 is 10.1 Å². The molecule has 6 nitrogen and oxygen atoms in total. The second-order valence-electron chi connectivity index (χ2n) is 5.54. The molecular weight excluding hydrogens is 365 g/mol. The largest absolute Gasteiger partial charge is 0.453 e. The Labute approximate surface area is 158 Å². The Morgan fingerprint density at radius 3 is 2.78 bits per heavy atom. The van der Waals surface area contributed by atoms with Crippen molar-refractivity contribution in [3.8, 4) is 22.2 Å². The van der Waals surface area contributed by atoms with E-state index >= 15 is 0 Å². The molecular formula is C19H14FN5OS. The van der Waals surface area contributed by atoms with Crippen LogP contribution < -0.4 is 10.1 Å². The highest BCUT2D eigenvalue weighted by atomic mass is 32.1. The number of nitrogens with one attached hydrogen (secondary N) is 1. The van der Waals surface area contributed by atoms with E-state index < -0.39 is 5.82 Å². The summed E-state index contributed by atoms with van der Waals surface area (Å²) >= 11 is 1.39. The summed E-state index contributed by atoms with van der Waals surface area (Å²) in [7, 11) is 0. The van der Waals surface area contributed by atoms with Gasteiger partial charge in [-0.15, -0.1) is 10.2 Å². The number of rotatable bonds is 6. The first-order valence-electron chi connectivity index (χ1n) is 8.13. The average molecular weight is 379 g/mol. The number of halogens is 1. The van der Waals surface area contributed by atoms with Gasteiger partial charge in [-0.3, -0.25) is 9.97 Å². The quantitative estimate of drug-likeness (QED) is 0.530. The first-order chi connectivity index (χ1) is 13.3. The number of aromatic nitrogens is 4. The number of hydrogen-bond donors (Lipinski definition) is 1. The zero-order valence-corrected chi connectivity index (χ0v) is 14.9. The molecule has 3 aromatic heterocycles. The third-order valence-corrected chi connectivity index (χ3v) is 4.51. The van der Waals surface area contributed by atoms with Crippen LogP contribution in [0.2, 0.25) is 0 Å². The molecule has 0 aliphatic carbocycles. The first kappa shape index (κ1) is 17.0. The van der Waals surface area contributed by atoms with Crippen LogP contribution in [0.5, 0.6) is 11.5 Å². The van der Waals surface area contributed by atoms with Crippen molar-refractivity contribution in [2.24, 2.45) is 0 Å². The van der Waals surface area contributed by atoms with Gasteiger partial charge in [0, 0.05) is 18.9 Å². The van der Waals surface area contributed by atoms with Crippen molar-refractivity contribution in [1.82, 2.24) is 20.2 Å². The van der Waals surface area contributed by atoms with E-state index in [0.717, 1.165) is 16.3 Å². The van der Waals surface area contributed by atoms with E-state index in [-0.39, 0.29) is 5.75 Å². The summed E-state index contributed by atoms with van der Waals surface area (Å²) in [5.74, 6) is 0.197. The Morgan fingerprint density at radius 2 is 2.00 bits per heavy atom. The summed E-state index contributed by atoms with van der Waals surface area (Å²) in [5.41, 5.74) is 1.53. The molecule has 0 spiro atoms. The van der Waals surface area contributed by atoms with Gasteiger partial charge in [0.15, 0.2) is 16.6 Å². The van der Waals surface area contributed by atoms with Crippen LogP contribution in [0.3, 0.4) is 0 Å². The minimum atomic E-state index is -0.440. The molecule has 8 heteroatoms. The fourth-order valence-electron chi connectivity index (χ4n) is 2.34. The molecule has 0 fully saturated rings. The number of benzene rings is 1. The van der Waals surface area contributed by atoms with Gasteiger partial charge in [-0.2, -0.15) is 0 Å². The van der Waals surface area contributed by atoms with Gasteiger partial charge >= 0.3 is 0 Å². The van der Waals surface area contributed by atoms with Gasteiger partial charge in [-0.05, 0) is 42.0 Å². The van der Waals surface area contributed by atoms with Gasteiger partial charge in [0.2, 0.25) is 5.13 Å². The summed E-state index contributed by atoms with van der Waals surface area (Å²) < 4.78 is 19.8. The standard InChI is InChI=1S/C19H14FN5OS/c20-15-10-13(6-7-17(15)26-14-4-3-8-21-12-14)11-23-19-25-24-18(27-19)16-5-1-2-9-22-16/h1-10,12H,11H2,(H,23,25). The lowest BCUT2D eigenvalue weighted by atomic mass is 10.2. The van der Waals surface area contributed by atoms with Crippen molar-refractivity contribution in [1.29, 1.82) is 0 Å². The second kappa shape index (κ2) is 7.88. The van der Waals surface area contributed by atoms with Crippen molar-refractivity contribution in [2.45, 2.75) is 6.54 Å². The molecule has 1 N–H and O–H groups in total. The zero-order valence-electron chi connectivity index (χ0n) is 14.0. The molecule has 0 saturated heterocycles. The highest BCUT2D eigenvalue weighted by Gasteiger charge is 2.09. The minimum absolute atomic E-state index is 0.153. The highest BCUT2D eigenvalue weighted by Crippen LogP contribution is 2.26. The smallest absolute Gasteiger partial charge is 0.206 e. The molecule has 0 radical (unpaired) electrons.